The van der Waals surface area contributed by atoms with Crippen LogP contribution < -0.4 is 14.8 Å². The lowest BCUT2D eigenvalue weighted by molar-refractivity contribution is -0.138. The van der Waals surface area contributed by atoms with Crippen molar-refractivity contribution in [2.45, 2.75) is 44.2 Å². The molecule has 3 aromatic carbocycles. The predicted molar refractivity (Wildman–Crippen MR) is 171 cm³/mol. The van der Waals surface area contributed by atoms with E-state index >= 15 is 0 Å². The summed E-state index contributed by atoms with van der Waals surface area (Å²) in [5.41, 5.74) is 2.54. The number of aliphatic hydroxyl groups excluding tert-OH is 3. The molecule has 9 nitrogen and oxygen atoms in total. The summed E-state index contributed by atoms with van der Waals surface area (Å²) in [5.74, 6) is 0.0126. The Hall–Kier alpha value is -3.16. The molecule has 0 bridgehead atoms. The highest BCUT2D eigenvalue weighted by atomic mass is 127. The van der Waals surface area contributed by atoms with Crippen molar-refractivity contribution in [3.8, 4) is 11.5 Å². The Balaban J connectivity index is 1.73. The van der Waals surface area contributed by atoms with E-state index < -0.39 is 24.2 Å². The van der Waals surface area contributed by atoms with Crippen molar-refractivity contribution in [1.82, 2.24) is 10.2 Å². The molecule has 1 aliphatic rings. The van der Waals surface area contributed by atoms with E-state index in [1.165, 1.54) is 7.11 Å². The van der Waals surface area contributed by atoms with Crippen molar-refractivity contribution in [1.29, 1.82) is 0 Å². The van der Waals surface area contributed by atoms with Gasteiger partial charge in [0.25, 0.3) is 0 Å². The number of amides is 2. The van der Waals surface area contributed by atoms with Gasteiger partial charge >= 0.3 is 0 Å². The first kappa shape index (κ1) is 32.7. The van der Waals surface area contributed by atoms with Gasteiger partial charge in [0, 0.05) is 30.1 Å². The molecular weight excluding hydrogens is 687 g/mol. The zero-order chi connectivity index (χ0) is 30.9. The molecule has 0 spiro atoms. The first-order valence-electron chi connectivity index (χ1n) is 13.7. The lowest BCUT2D eigenvalue weighted by Gasteiger charge is -2.41. The number of carbonyl (C=O) groups is 2. The van der Waals surface area contributed by atoms with Crippen LogP contribution in [0.5, 0.6) is 11.5 Å². The standard InChI is InChI=1S/C32H34ClIN2O7/c1-42-28-14-22(19-38)13-25(34)31(28)43-27-17-23(32(41)35-11-12-37)16-26(30(27)40)36(18-21-7-9-24(33)10-8-21)29(39)15-20-5-3-2-4-6-20/h2-10,13-14,17,26-27,30,37-38,40H,11-12,15-16,18-19H2,1H3,(H,35,41). The second kappa shape index (κ2) is 15.5. The fourth-order valence-electron chi connectivity index (χ4n) is 4.94. The van der Waals surface area contributed by atoms with Gasteiger partial charge in [0.15, 0.2) is 11.5 Å². The summed E-state index contributed by atoms with van der Waals surface area (Å²) in [6, 6.07) is 18.9. The van der Waals surface area contributed by atoms with Gasteiger partial charge < -0.3 is 35.0 Å². The van der Waals surface area contributed by atoms with E-state index in [4.69, 9.17) is 21.1 Å². The Kier molecular flexibility index (Phi) is 11.8. The Morgan fingerprint density at radius 1 is 1.05 bits per heavy atom. The van der Waals surface area contributed by atoms with E-state index in [2.05, 4.69) is 27.9 Å². The van der Waals surface area contributed by atoms with Crippen LogP contribution in [0.25, 0.3) is 0 Å². The van der Waals surface area contributed by atoms with Crippen LogP contribution in [0.4, 0.5) is 0 Å². The molecule has 43 heavy (non-hydrogen) atoms. The van der Waals surface area contributed by atoms with Crippen molar-refractivity contribution in [2.75, 3.05) is 20.3 Å². The minimum atomic E-state index is -1.22. The number of rotatable bonds is 12. The van der Waals surface area contributed by atoms with Gasteiger partial charge in [-0.15, -0.1) is 0 Å². The molecule has 0 saturated heterocycles. The maximum atomic E-state index is 13.9. The number of hydrogen-bond acceptors (Lipinski definition) is 7. The minimum absolute atomic E-state index is 0.0463. The second-order valence-electron chi connectivity index (χ2n) is 10.1. The summed E-state index contributed by atoms with van der Waals surface area (Å²) in [7, 11) is 1.47. The first-order chi connectivity index (χ1) is 20.7. The van der Waals surface area contributed by atoms with Gasteiger partial charge in [0.1, 0.15) is 12.2 Å². The quantitative estimate of drug-likeness (QED) is 0.211. The molecule has 0 aromatic heterocycles. The number of nitrogens with zero attached hydrogens (tertiary/aromatic N) is 1. The van der Waals surface area contributed by atoms with Crippen LogP contribution in [0, 0.1) is 3.57 Å². The molecule has 4 N–H and O–H groups in total. The monoisotopic (exact) mass is 720 g/mol. The molecule has 3 atom stereocenters. The van der Waals surface area contributed by atoms with E-state index in [0.717, 1.165) is 11.1 Å². The van der Waals surface area contributed by atoms with Gasteiger partial charge in [-0.2, -0.15) is 0 Å². The first-order valence-corrected chi connectivity index (χ1v) is 15.2. The lowest BCUT2D eigenvalue weighted by atomic mass is 9.87. The molecule has 0 radical (unpaired) electrons. The Labute approximate surface area is 269 Å². The van der Waals surface area contributed by atoms with Crippen molar-refractivity contribution >= 4 is 46.0 Å². The molecule has 11 heteroatoms. The van der Waals surface area contributed by atoms with Gasteiger partial charge in [0.05, 0.1) is 36.4 Å². The average Bonchev–Trinajstić information content (AvgIpc) is 3.01. The summed E-state index contributed by atoms with van der Waals surface area (Å²) in [5, 5.41) is 33.9. The van der Waals surface area contributed by atoms with Crippen LogP contribution in [-0.2, 0) is 29.2 Å². The third-order valence-electron chi connectivity index (χ3n) is 7.13. The van der Waals surface area contributed by atoms with Crippen LogP contribution in [0.1, 0.15) is 23.1 Å². The molecule has 0 heterocycles. The van der Waals surface area contributed by atoms with Crippen molar-refractivity contribution in [3.63, 3.8) is 0 Å². The fraction of sp³-hybridized carbons (Fsp3) is 0.312. The zero-order valence-corrected chi connectivity index (χ0v) is 26.5. The van der Waals surface area contributed by atoms with E-state index in [-0.39, 0.29) is 45.1 Å². The largest absolute Gasteiger partial charge is 0.493 e. The van der Waals surface area contributed by atoms with Crippen LogP contribution in [0.2, 0.25) is 5.02 Å². The molecule has 2 amide bonds. The molecule has 4 rings (SSSR count). The summed E-state index contributed by atoms with van der Waals surface area (Å²) < 4.78 is 12.5. The Bertz CT molecular complexity index is 1440. The number of hydrogen-bond donors (Lipinski definition) is 4. The third-order valence-corrected chi connectivity index (χ3v) is 8.18. The van der Waals surface area contributed by atoms with Crippen LogP contribution in [0.15, 0.2) is 78.4 Å². The van der Waals surface area contributed by atoms with Crippen molar-refractivity contribution < 1.29 is 34.4 Å². The van der Waals surface area contributed by atoms with Crippen molar-refractivity contribution in [2.24, 2.45) is 0 Å². The summed E-state index contributed by atoms with van der Waals surface area (Å²) in [4.78, 5) is 28.7. The van der Waals surface area contributed by atoms with Crippen LogP contribution in [-0.4, -0.2) is 70.5 Å². The molecule has 3 unspecified atom stereocenters. The Morgan fingerprint density at radius 2 is 1.77 bits per heavy atom. The molecule has 3 aromatic rings. The second-order valence-corrected chi connectivity index (χ2v) is 11.7. The van der Waals surface area contributed by atoms with Crippen molar-refractivity contribution in [3.05, 3.63) is 104 Å². The smallest absolute Gasteiger partial charge is 0.247 e. The highest BCUT2D eigenvalue weighted by Crippen LogP contribution is 2.37. The normalized spacial score (nSPS) is 18.0. The topological polar surface area (TPSA) is 129 Å². The SMILES string of the molecule is COc1cc(CO)cc(I)c1OC1C=C(C(=O)NCCO)CC(N(Cc2ccc(Cl)cc2)C(=O)Cc2ccccc2)C1O. The molecular formula is C32H34ClIN2O7. The number of benzene rings is 3. The third kappa shape index (κ3) is 8.48. The van der Waals surface area contributed by atoms with Gasteiger partial charge in [-0.3, -0.25) is 9.59 Å². The van der Waals surface area contributed by atoms with E-state index in [1.807, 2.05) is 42.5 Å². The van der Waals surface area contributed by atoms with E-state index in [9.17, 15) is 24.9 Å². The highest BCUT2D eigenvalue weighted by molar-refractivity contribution is 14.1. The molecule has 0 fully saturated rings. The maximum absolute atomic E-state index is 13.9. The highest BCUT2D eigenvalue weighted by Gasteiger charge is 2.41. The number of nitrogens with one attached hydrogen (secondary N) is 1. The van der Waals surface area contributed by atoms with Gasteiger partial charge in [0.2, 0.25) is 11.8 Å². The molecule has 1 aliphatic carbocycles. The van der Waals surface area contributed by atoms with Gasteiger partial charge in [-0.05, 0) is 69.6 Å². The maximum Gasteiger partial charge on any atom is 0.247 e. The predicted octanol–water partition coefficient (Wildman–Crippen LogP) is 3.63. The fourth-order valence-corrected chi connectivity index (χ4v) is 5.86. The Morgan fingerprint density at radius 3 is 2.42 bits per heavy atom. The average molecular weight is 721 g/mol. The molecule has 228 valence electrons. The van der Waals surface area contributed by atoms with Gasteiger partial charge in [-0.25, -0.2) is 0 Å². The van der Waals surface area contributed by atoms with Gasteiger partial charge in [-0.1, -0.05) is 54.1 Å². The summed E-state index contributed by atoms with van der Waals surface area (Å²) >= 11 is 8.16. The zero-order valence-electron chi connectivity index (χ0n) is 23.6. The molecule has 0 saturated carbocycles. The summed E-state index contributed by atoms with van der Waals surface area (Å²) in [6.45, 7) is -0.228. The number of aliphatic hydroxyl groups is 3. The number of halogens is 2. The van der Waals surface area contributed by atoms with Crippen LogP contribution in [0.3, 0.4) is 0 Å². The molecule has 0 aliphatic heterocycles. The minimum Gasteiger partial charge on any atom is -0.493 e. The van der Waals surface area contributed by atoms with E-state index in [1.54, 1.807) is 35.2 Å². The number of carbonyl (C=O) groups excluding carboxylic acids is 2. The van der Waals surface area contributed by atoms with E-state index in [0.29, 0.717) is 31.2 Å². The lowest BCUT2D eigenvalue weighted by Crippen LogP contribution is -2.55. The summed E-state index contributed by atoms with van der Waals surface area (Å²) in [6.07, 6.45) is -0.559. The van der Waals surface area contributed by atoms with Crippen LogP contribution >= 0.6 is 34.2 Å². The number of methoxy groups -OCH3 is 1. The number of ether oxygens (including phenoxy) is 2.